The lowest BCUT2D eigenvalue weighted by Gasteiger charge is -2.26. The minimum atomic E-state index is -0.380. The van der Waals surface area contributed by atoms with Crippen molar-refractivity contribution >= 4 is 11.7 Å². The van der Waals surface area contributed by atoms with E-state index in [-0.39, 0.29) is 12.1 Å². The highest BCUT2D eigenvalue weighted by Crippen LogP contribution is 2.27. The number of ether oxygens (including phenoxy) is 2. The zero-order chi connectivity index (χ0) is 15.4. The summed E-state index contributed by atoms with van der Waals surface area (Å²) in [6, 6.07) is 9.93. The van der Waals surface area contributed by atoms with Gasteiger partial charge in [0.05, 0.1) is 37.3 Å². The fraction of sp³-hybridized carbons (Fsp3) is 0.294. The summed E-state index contributed by atoms with van der Waals surface area (Å²) in [4.78, 5) is 15.8. The van der Waals surface area contributed by atoms with Crippen molar-refractivity contribution in [1.29, 1.82) is 0 Å². The Morgan fingerprint density at radius 1 is 1.41 bits per heavy atom. The van der Waals surface area contributed by atoms with Crippen LogP contribution in [0.25, 0.3) is 0 Å². The summed E-state index contributed by atoms with van der Waals surface area (Å²) >= 11 is 0. The molecule has 2 heterocycles. The van der Waals surface area contributed by atoms with E-state index in [4.69, 9.17) is 9.47 Å². The largest absolute Gasteiger partial charge is 0.465 e. The van der Waals surface area contributed by atoms with Gasteiger partial charge in [0.15, 0.2) is 0 Å². The summed E-state index contributed by atoms with van der Waals surface area (Å²) in [6.45, 7) is 1.28. The van der Waals surface area contributed by atoms with E-state index in [1.165, 1.54) is 18.2 Å². The van der Waals surface area contributed by atoms with Gasteiger partial charge in [0.1, 0.15) is 0 Å². The van der Waals surface area contributed by atoms with Crippen LogP contribution in [0.2, 0.25) is 0 Å². The number of pyridine rings is 1. The molecule has 0 saturated carbocycles. The van der Waals surface area contributed by atoms with Crippen molar-refractivity contribution in [3.63, 3.8) is 0 Å². The van der Waals surface area contributed by atoms with Crippen LogP contribution in [-0.4, -0.2) is 31.2 Å². The molecule has 5 heteroatoms. The van der Waals surface area contributed by atoms with Gasteiger partial charge in [0.2, 0.25) is 0 Å². The standard InChI is InChI=1S/C17H18N2O3/c1-21-17(20)14-6-8-18-10-15(14)19-11-16-13-5-3-2-4-12(13)7-9-22-16/h2-6,8,10,16,19H,7,9,11H2,1H3/t16-/m0/s1. The molecule has 22 heavy (non-hydrogen) atoms. The van der Waals surface area contributed by atoms with Crippen molar-refractivity contribution in [2.75, 3.05) is 25.6 Å². The van der Waals surface area contributed by atoms with E-state index < -0.39 is 0 Å². The SMILES string of the molecule is COC(=O)c1ccncc1NC[C@@H]1OCCc2ccccc21. The highest BCUT2D eigenvalue weighted by atomic mass is 16.5. The number of esters is 1. The van der Waals surface area contributed by atoms with E-state index in [0.717, 1.165) is 6.42 Å². The molecule has 1 aliphatic heterocycles. The second-order valence-corrected chi connectivity index (χ2v) is 5.10. The van der Waals surface area contributed by atoms with Crippen LogP contribution in [0.3, 0.4) is 0 Å². The van der Waals surface area contributed by atoms with Crippen molar-refractivity contribution in [1.82, 2.24) is 4.98 Å². The van der Waals surface area contributed by atoms with Crippen LogP contribution in [0.4, 0.5) is 5.69 Å². The number of fused-ring (bicyclic) bond motifs is 1. The predicted octanol–water partition coefficient (Wildman–Crippen LogP) is 2.59. The van der Waals surface area contributed by atoms with Crippen LogP contribution in [0, 0.1) is 0 Å². The molecule has 0 fully saturated rings. The summed E-state index contributed by atoms with van der Waals surface area (Å²) in [7, 11) is 1.37. The minimum Gasteiger partial charge on any atom is -0.465 e. The highest BCUT2D eigenvalue weighted by molar-refractivity contribution is 5.95. The Bertz CT molecular complexity index is 672. The van der Waals surface area contributed by atoms with Gasteiger partial charge in [-0.25, -0.2) is 4.79 Å². The average Bonchev–Trinajstić information content (AvgIpc) is 2.59. The second kappa shape index (κ2) is 6.58. The van der Waals surface area contributed by atoms with Gasteiger partial charge < -0.3 is 14.8 Å². The van der Waals surface area contributed by atoms with Crippen molar-refractivity contribution in [3.8, 4) is 0 Å². The Morgan fingerprint density at radius 2 is 2.27 bits per heavy atom. The molecule has 0 spiro atoms. The number of aromatic nitrogens is 1. The first-order valence-corrected chi connectivity index (χ1v) is 7.25. The monoisotopic (exact) mass is 298 g/mol. The molecule has 114 valence electrons. The van der Waals surface area contributed by atoms with E-state index in [1.54, 1.807) is 18.5 Å². The van der Waals surface area contributed by atoms with Crippen molar-refractivity contribution in [2.24, 2.45) is 0 Å². The Labute approximate surface area is 129 Å². The van der Waals surface area contributed by atoms with Crippen LogP contribution in [-0.2, 0) is 15.9 Å². The van der Waals surface area contributed by atoms with E-state index in [9.17, 15) is 4.79 Å². The zero-order valence-electron chi connectivity index (χ0n) is 12.4. The number of carbonyl (C=O) groups is 1. The molecule has 5 nitrogen and oxygen atoms in total. The van der Waals surface area contributed by atoms with Crippen LogP contribution in [0.1, 0.15) is 27.6 Å². The first kappa shape index (κ1) is 14.5. The third-order valence-electron chi connectivity index (χ3n) is 3.80. The summed E-state index contributed by atoms with van der Waals surface area (Å²) in [5, 5.41) is 3.25. The van der Waals surface area contributed by atoms with E-state index in [0.29, 0.717) is 24.4 Å². The summed E-state index contributed by atoms with van der Waals surface area (Å²) < 4.78 is 10.6. The Balaban J connectivity index is 1.76. The molecule has 0 unspecified atom stereocenters. The molecule has 0 radical (unpaired) electrons. The third kappa shape index (κ3) is 2.94. The van der Waals surface area contributed by atoms with Gasteiger partial charge in [0.25, 0.3) is 0 Å². The zero-order valence-corrected chi connectivity index (χ0v) is 12.4. The number of rotatable bonds is 4. The molecular weight excluding hydrogens is 280 g/mol. The maximum atomic E-state index is 11.8. The molecule has 3 rings (SSSR count). The Morgan fingerprint density at radius 3 is 3.14 bits per heavy atom. The number of nitrogens with one attached hydrogen (secondary N) is 1. The van der Waals surface area contributed by atoms with E-state index in [2.05, 4.69) is 22.4 Å². The van der Waals surface area contributed by atoms with Crippen molar-refractivity contribution in [3.05, 3.63) is 59.4 Å². The average molecular weight is 298 g/mol. The maximum absolute atomic E-state index is 11.8. The fourth-order valence-electron chi connectivity index (χ4n) is 2.67. The second-order valence-electron chi connectivity index (χ2n) is 5.10. The van der Waals surface area contributed by atoms with Crippen LogP contribution in [0.5, 0.6) is 0 Å². The molecule has 1 N–H and O–H groups in total. The van der Waals surface area contributed by atoms with Crippen molar-refractivity contribution in [2.45, 2.75) is 12.5 Å². The van der Waals surface area contributed by atoms with Gasteiger partial charge in [-0.1, -0.05) is 24.3 Å². The van der Waals surface area contributed by atoms with Gasteiger partial charge >= 0.3 is 5.97 Å². The summed E-state index contributed by atoms with van der Waals surface area (Å²) in [5.41, 5.74) is 3.65. The fourth-order valence-corrected chi connectivity index (χ4v) is 2.67. The van der Waals surface area contributed by atoms with E-state index in [1.807, 2.05) is 12.1 Å². The normalized spacial score (nSPS) is 16.7. The molecule has 1 aromatic heterocycles. The maximum Gasteiger partial charge on any atom is 0.340 e. The third-order valence-corrected chi connectivity index (χ3v) is 3.80. The Kier molecular flexibility index (Phi) is 4.34. The van der Waals surface area contributed by atoms with Crippen LogP contribution < -0.4 is 5.32 Å². The number of anilines is 1. The molecular formula is C17H18N2O3. The van der Waals surface area contributed by atoms with Gasteiger partial charge in [-0.3, -0.25) is 4.98 Å². The Hall–Kier alpha value is -2.40. The number of carbonyl (C=O) groups excluding carboxylic acids is 1. The smallest absolute Gasteiger partial charge is 0.340 e. The molecule has 1 aliphatic rings. The molecule has 2 aromatic rings. The molecule has 0 aliphatic carbocycles. The van der Waals surface area contributed by atoms with Crippen molar-refractivity contribution < 1.29 is 14.3 Å². The van der Waals surface area contributed by atoms with E-state index >= 15 is 0 Å². The molecule has 0 saturated heterocycles. The van der Waals surface area contributed by atoms with Gasteiger partial charge in [-0.15, -0.1) is 0 Å². The topological polar surface area (TPSA) is 60.5 Å². The minimum absolute atomic E-state index is 0.0318. The molecule has 0 amide bonds. The molecule has 1 aromatic carbocycles. The first-order chi connectivity index (χ1) is 10.8. The predicted molar refractivity (Wildman–Crippen MR) is 82.9 cm³/mol. The number of hydrogen-bond donors (Lipinski definition) is 1. The summed E-state index contributed by atoms with van der Waals surface area (Å²) in [5.74, 6) is -0.380. The lowest BCUT2D eigenvalue weighted by atomic mass is 9.97. The summed E-state index contributed by atoms with van der Waals surface area (Å²) in [6.07, 6.45) is 4.10. The number of benzene rings is 1. The lowest BCUT2D eigenvalue weighted by molar-refractivity contribution is 0.0511. The number of methoxy groups -OCH3 is 1. The first-order valence-electron chi connectivity index (χ1n) is 7.25. The quantitative estimate of drug-likeness (QED) is 0.879. The number of hydrogen-bond acceptors (Lipinski definition) is 5. The van der Waals surface area contributed by atoms with Crippen LogP contribution in [0.15, 0.2) is 42.7 Å². The van der Waals surface area contributed by atoms with Gasteiger partial charge in [-0.2, -0.15) is 0 Å². The lowest BCUT2D eigenvalue weighted by Crippen LogP contribution is -2.23. The van der Waals surface area contributed by atoms with Gasteiger partial charge in [0, 0.05) is 12.7 Å². The number of nitrogens with zero attached hydrogens (tertiary/aromatic N) is 1. The highest BCUT2D eigenvalue weighted by Gasteiger charge is 2.21. The van der Waals surface area contributed by atoms with Crippen LogP contribution >= 0.6 is 0 Å². The molecule has 0 bridgehead atoms. The molecule has 1 atom stereocenters. The van der Waals surface area contributed by atoms with Gasteiger partial charge in [-0.05, 0) is 23.6 Å².